The average Bonchev–Trinajstić information content (AvgIpc) is 3.46. The van der Waals surface area contributed by atoms with Gasteiger partial charge in [0, 0.05) is 18.3 Å². The van der Waals surface area contributed by atoms with Gasteiger partial charge in [-0.2, -0.15) is 13.2 Å². The van der Waals surface area contributed by atoms with E-state index in [1.165, 1.54) is 52.7 Å². The molecule has 8 nitrogen and oxygen atoms in total. The third kappa shape index (κ3) is 5.38. The molecule has 0 bridgehead atoms. The zero-order valence-corrected chi connectivity index (χ0v) is 22.5. The van der Waals surface area contributed by atoms with Crippen LogP contribution in [0.5, 0.6) is 0 Å². The Balaban J connectivity index is 1.46. The Kier molecular flexibility index (Phi) is 7.26. The first kappa shape index (κ1) is 28.2. The maximum absolute atomic E-state index is 14.0. The van der Waals surface area contributed by atoms with Crippen LogP contribution in [0.4, 0.5) is 17.6 Å². The molecular weight excluding hydrogens is 540 g/mol. The van der Waals surface area contributed by atoms with E-state index in [9.17, 15) is 27.2 Å². The highest BCUT2D eigenvalue weighted by atomic mass is 19.4. The van der Waals surface area contributed by atoms with Crippen molar-refractivity contribution in [2.75, 3.05) is 0 Å². The second-order valence-corrected chi connectivity index (χ2v) is 10.7. The molecule has 0 saturated heterocycles. The highest BCUT2D eigenvalue weighted by Gasteiger charge is 2.49. The maximum atomic E-state index is 14.0. The van der Waals surface area contributed by atoms with Gasteiger partial charge in [0.2, 0.25) is 0 Å². The third-order valence-electron chi connectivity index (χ3n) is 7.42. The normalized spacial score (nSPS) is 18.7. The van der Waals surface area contributed by atoms with Crippen LogP contribution in [0, 0.1) is 11.7 Å². The van der Waals surface area contributed by atoms with Crippen LogP contribution < -0.4 is 5.73 Å². The van der Waals surface area contributed by atoms with Gasteiger partial charge in [0.15, 0.2) is 11.5 Å². The molecule has 1 atom stereocenters. The molecule has 214 valence electrons. The molecular formula is C29H28F4N6O2. The van der Waals surface area contributed by atoms with E-state index in [1.54, 1.807) is 0 Å². The van der Waals surface area contributed by atoms with E-state index in [2.05, 4.69) is 15.0 Å². The first-order valence-electron chi connectivity index (χ1n) is 13.1. The van der Waals surface area contributed by atoms with Crippen LogP contribution in [0.25, 0.3) is 0 Å². The topological polar surface area (TPSA) is 105 Å². The van der Waals surface area contributed by atoms with Crippen LogP contribution in [0.3, 0.4) is 0 Å². The molecule has 41 heavy (non-hydrogen) atoms. The summed E-state index contributed by atoms with van der Waals surface area (Å²) in [4.78, 5) is 42.3. The number of guanidine groups is 1. The molecule has 1 aromatic heterocycles. The largest absolute Gasteiger partial charge is 0.417 e. The lowest BCUT2D eigenvalue weighted by atomic mass is 9.83. The summed E-state index contributed by atoms with van der Waals surface area (Å²) in [7, 11) is 0. The first-order valence-corrected chi connectivity index (χ1v) is 13.1. The van der Waals surface area contributed by atoms with Crippen LogP contribution >= 0.6 is 0 Å². The van der Waals surface area contributed by atoms with Gasteiger partial charge in [-0.3, -0.25) is 14.5 Å². The summed E-state index contributed by atoms with van der Waals surface area (Å²) in [5, 5.41) is 0. The predicted octanol–water partition coefficient (Wildman–Crippen LogP) is 4.78. The maximum Gasteiger partial charge on any atom is 0.417 e. The number of rotatable bonds is 7. The summed E-state index contributed by atoms with van der Waals surface area (Å²) in [5.74, 6) is -1.63. The van der Waals surface area contributed by atoms with Crippen molar-refractivity contribution in [3.8, 4) is 0 Å². The number of nitrogens with zero attached hydrogens (tertiary/aromatic N) is 5. The van der Waals surface area contributed by atoms with E-state index >= 15 is 0 Å². The highest BCUT2D eigenvalue weighted by molar-refractivity contribution is 6.07. The molecule has 2 aromatic carbocycles. The minimum Gasteiger partial charge on any atom is -0.369 e. The molecule has 5 rings (SSSR count). The van der Waals surface area contributed by atoms with E-state index in [-0.39, 0.29) is 37.1 Å². The van der Waals surface area contributed by atoms with E-state index in [1.807, 2.05) is 13.8 Å². The molecule has 2 N–H and O–H groups in total. The Hall–Kier alpha value is -4.35. The zero-order chi connectivity index (χ0) is 29.5. The summed E-state index contributed by atoms with van der Waals surface area (Å²) in [5.41, 5.74) is 5.18. The van der Waals surface area contributed by atoms with E-state index < -0.39 is 40.5 Å². The number of alkyl halides is 3. The molecule has 0 fully saturated rings. The SMILES string of the molecule is CC(C)CCC1(c2ccc(F)cc2)N=C(N)N(Cc2ccc(C(F)(F)F)c(C(=O)N3Cc4cncnc4C3)c2)C1=O. The van der Waals surface area contributed by atoms with Crippen molar-refractivity contribution in [2.45, 2.75) is 58.0 Å². The Bertz CT molecular complexity index is 1500. The lowest BCUT2D eigenvalue weighted by molar-refractivity contribution is -0.138. The van der Waals surface area contributed by atoms with Crippen LogP contribution in [0.1, 0.15) is 65.0 Å². The second kappa shape index (κ2) is 10.6. The van der Waals surface area contributed by atoms with Gasteiger partial charge in [-0.25, -0.2) is 19.4 Å². The number of nitrogens with two attached hydrogens (primary N) is 1. The summed E-state index contributed by atoms with van der Waals surface area (Å²) in [6.07, 6.45) is -1.00. The lowest BCUT2D eigenvalue weighted by Gasteiger charge is -2.27. The van der Waals surface area contributed by atoms with Gasteiger partial charge in [0.05, 0.1) is 29.9 Å². The fraction of sp³-hybridized carbons (Fsp3) is 0.345. The van der Waals surface area contributed by atoms with Gasteiger partial charge in [-0.1, -0.05) is 32.0 Å². The number of benzene rings is 2. The van der Waals surface area contributed by atoms with Gasteiger partial charge < -0.3 is 10.6 Å². The Morgan fingerprint density at radius 3 is 2.51 bits per heavy atom. The molecule has 0 radical (unpaired) electrons. The van der Waals surface area contributed by atoms with Crippen molar-refractivity contribution in [2.24, 2.45) is 16.6 Å². The Labute approximate surface area is 233 Å². The number of carbonyl (C=O) groups is 2. The van der Waals surface area contributed by atoms with Crippen molar-refractivity contribution in [1.82, 2.24) is 19.8 Å². The molecule has 3 aromatic rings. The molecule has 3 heterocycles. The predicted molar refractivity (Wildman–Crippen MR) is 141 cm³/mol. The lowest BCUT2D eigenvalue weighted by Crippen LogP contribution is -2.42. The van der Waals surface area contributed by atoms with Crippen molar-refractivity contribution < 1.29 is 27.2 Å². The summed E-state index contributed by atoms with van der Waals surface area (Å²) in [6.45, 7) is 3.92. The van der Waals surface area contributed by atoms with E-state index in [0.29, 0.717) is 29.7 Å². The van der Waals surface area contributed by atoms with Gasteiger partial charge in [0.25, 0.3) is 11.8 Å². The Morgan fingerprint density at radius 2 is 1.85 bits per heavy atom. The van der Waals surface area contributed by atoms with E-state index in [4.69, 9.17) is 5.73 Å². The first-order chi connectivity index (χ1) is 19.4. The number of carbonyl (C=O) groups excluding carboxylic acids is 2. The van der Waals surface area contributed by atoms with Gasteiger partial charge in [-0.15, -0.1) is 0 Å². The molecule has 12 heteroatoms. The van der Waals surface area contributed by atoms with Crippen LogP contribution in [-0.2, 0) is 36.1 Å². The number of fused-ring (bicyclic) bond motifs is 1. The minimum atomic E-state index is -4.78. The standard InChI is InChI=1S/C29H28F4N6O2/c1-17(2)9-10-28(20-4-6-21(30)7-5-20)26(41)39(27(34)37-28)13-18-3-8-23(29(31,32)33)22(11-18)25(40)38-14-19-12-35-16-36-24(19)15-38/h3-8,11-12,16-17H,9-10,13-15H2,1-2H3,(H2,34,37). The number of aliphatic imine (C=N–C) groups is 1. The van der Waals surface area contributed by atoms with E-state index in [0.717, 1.165) is 12.1 Å². The smallest absolute Gasteiger partial charge is 0.369 e. The number of aromatic nitrogens is 2. The van der Waals surface area contributed by atoms with Gasteiger partial charge in [-0.05, 0) is 54.2 Å². The third-order valence-corrected chi connectivity index (χ3v) is 7.42. The molecule has 2 amide bonds. The second-order valence-electron chi connectivity index (χ2n) is 10.7. The number of halogens is 4. The van der Waals surface area contributed by atoms with Crippen LogP contribution in [0.2, 0.25) is 0 Å². The van der Waals surface area contributed by atoms with Crippen molar-refractivity contribution in [3.05, 3.63) is 94.3 Å². The number of hydrogen-bond donors (Lipinski definition) is 1. The molecule has 0 aliphatic carbocycles. The monoisotopic (exact) mass is 568 g/mol. The quantitative estimate of drug-likeness (QED) is 0.413. The zero-order valence-electron chi connectivity index (χ0n) is 22.5. The summed E-state index contributed by atoms with van der Waals surface area (Å²) >= 11 is 0. The molecule has 2 aliphatic rings. The summed E-state index contributed by atoms with van der Waals surface area (Å²) < 4.78 is 55.6. The van der Waals surface area contributed by atoms with Crippen LogP contribution in [0.15, 0.2) is 60.0 Å². The Morgan fingerprint density at radius 1 is 1.12 bits per heavy atom. The number of hydrogen-bond acceptors (Lipinski definition) is 6. The fourth-order valence-corrected chi connectivity index (χ4v) is 5.21. The molecule has 0 saturated carbocycles. The van der Waals surface area contributed by atoms with Crippen molar-refractivity contribution >= 4 is 17.8 Å². The number of amides is 2. The van der Waals surface area contributed by atoms with Gasteiger partial charge >= 0.3 is 6.18 Å². The molecule has 1 unspecified atom stereocenters. The summed E-state index contributed by atoms with van der Waals surface area (Å²) in [6, 6.07) is 8.66. The minimum absolute atomic E-state index is 0.0540. The average molecular weight is 569 g/mol. The van der Waals surface area contributed by atoms with Crippen LogP contribution in [-0.4, -0.2) is 37.5 Å². The van der Waals surface area contributed by atoms with Crippen molar-refractivity contribution in [1.29, 1.82) is 0 Å². The van der Waals surface area contributed by atoms with Crippen molar-refractivity contribution in [3.63, 3.8) is 0 Å². The fourth-order valence-electron chi connectivity index (χ4n) is 5.21. The van der Waals surface area contributed by atoms with Gasteiger partial charge in [0.1, 0.15) is 12.1 Å². The highest BCUT2D eigenvalue weighted by Crippen LogP contribution is 2.40. The molecule has 2 aliphatic heterocycles. The molecule has 0 spiro atoms.